The minimum atomic E-state index is -3.53. The molecule has 2 rings (SSSR count). The van der Waals surface area contributed by atoms with Gasteiger partial charge in [-0.05, 0) is 81.5 Å². The Labute approximate surface area is 222 Å². The fourth-order valence-corrected chi connectivity index (χ4v) is 4.82. The van der Waals surface area contributed by atoms with Gasteiger partial charge in [0.2, 0.25) is 21.8 Å². The van der Waals surface area contributed by atoms with E-state index in [1.807, 2.05) is 64.1 Å². The van der Waals surface area contributed by atoms with Gasteiger partial charge in [0.1, 0.15) is 11.8 Å². The zero-order chi connectivity index (χ0) is 27.8. The molecule has 0 saturated carbocycles. The van der Waals surface area contributed by atoms with Gasteiger partial charge in [0.05, 0.1) is 19.1 Å². The molecular weight excluding hydrogens is 490 g/mol. The SMILES string of the molecule is CC[C@H](C)NC(=O)[C@@H](C)N(Cc1ccc(OC)cc1)C(=O)CCCN(c1ccc(C)c(C)c1)S(C)(=O)=O. The highest BCUT2D eigenvalue weighted by atomic mass is 32.2. The largest absolute Gasteiger partial charge is 0.497 e. The second kappa shape index (κ2) is 13.5. The van der Waals surface area contributed by atoms with E-state index in [1.54, 1.807) is 25.0 Å². The standard InChI is InChI=1S/C28H41N3O5S/c1-8-22(4)29-28(33)23(5)30(19-24-12-15-26(36-6)16-13-24)27(32)10-9-17-31(37(7,34)35)25-14-11-20(2)21(3)18-25/h11-16,18,22-23H,8-10,17,19H2,1-7H3,(H,29,33)/t22-,23+/m0/s1. The molecule has 0 aliphatic heterocycles. The Morgan fingerprint density at radius 3 is 2.22 bits per heavy atom. The van der Waals surface area contributed by atoms with Crippen LogP contribution in [0.1, 0.15) is 56.7 Å². The van der Waals surface area contributed by atoms with Gasteiger partial charge in [-0.2, -0.15) is 0 Å². The predicted octanol–water partition coefficient (Wildman–Crippen LogP) is 4.19. The molecule has 0 heterocycles. The maximum absolute atomic E-state index is 13.4. The van der Waals surface area contributed by atoms with E-state index in [-0.39, 0.29) is 37.4 Å². The highest BCUT2D eigenvalue weighted by Gasteiger charge is 2.27. The summed E-state index contributed by atoms with van der Waals surface area (Å²) < 4.78 is 31.6. The van der Waals surface area contributed by atoms with Gasteiger partial charge in [0.15, 0.2) is 0 Å². The van der Waals surface area contributed by atoms with Gasteiger partial charge in [-0.25, -0.2) is 8.42 Å². The number of nitrogens with zero attached hydrogens (tertiary/aromatic N) is 2. The molecule has 9 heteroatoms. The van der Waals surface area contributed by atoms with Crippen LogP contribution in [0.5, 0.6) is 5.75 Å². The highest BCUT2D eigenvalue weighted by Crippen LogP contribution is 2.22. The number of sulfonamides is 1. The molecule has 0 saturated heterocycles. The molecule has 2 atom stereocenters. The van der Waals surface area contributed by atoms with Crippen molar-refractivity contribution in [2.24, 2.45) is 0 Å². The summed E-state index contributed by atoms with van der Waals surface area (Å²) in [4.78, 5) is 27.8. The first-order chi connectivity index (χ1) is 17.4. The van der Waals surface area contributed by atoms with Gasteiger partial charge in [0, 0.05) is 25.6 Å². The summed E-state index contributed by atoms with van der Waals surface area (Å²) in [7, 11) is -1.95. The Balaban J connectivity index is 2.19. The number of methoxy groups -OCH3 is 1. The van der Waals surface area contributed by atoms with Gasteiger partial charge >= 0.3 is 0 Å². The van der Waals surface area contributed by atoms with Crippen molar-refractivity contribution in [2.75, 3.05) is 24.2 Å². The Bertz CT molecular complexity index is 1160. The second-order valence-electron chi connectivity index (χ2n) is 9.57. The highest BCUT2D eigenvalue weighted by molar-refractivity contribution is 7.92. The lowest BCUT2D eigenvalue weighted by Gasteiger charge is -2.30. The maximum Gasteiger partial charge on any atom is 0.242 e. The van der Waals surface area contributed by atoms with Crippen molar-refractivity contribution in [1.82, 2.24) is 10.2 Å². The van der Waals surface area contributed by atoms with Crippen molar-refractivity contribution in [3.05, 3.63) is 59.2 Å². The summed E-state index contributed by atoms with van der Waals surface area (Å²) >= 11 is 0. The number of nitrogens with one attached hydrogen (secondary N) is 1. The van der Waals surface area contributed by atoms with Crippen LogP contribution in [0.3, 0.4) is 0 Å². The van der Waals surface area contributed by atoms with Crippen molar-refractivity contribution >= 4 is 27.5 Å². The number of ether oxygens (including phenoxy) is 1. The van der Waals surface area contributed by atoms with Crippen LogP contribution in [0, 0.1) is 13.8 Å². The van der Waals surface area contributed by atoms with Crippen LogP contribution in [-0.4, -0.2) is 57.1 Å². The number of hydrogen-bond acceptors (Lipinski definition) is 5. The zero-order valence-electron chi connectivity index (χ0n) is 23.1. The van der Waals surface area contributed by atoms with Crippen LogP contribution in [0.15, 0.2) is 42.5 Å². The Kier molecular flexibility index (Phi) is 11.0. The van der Waals surface area contributed by atoms with Gasteiger partial charge in [-0.15, -0.1) is 0 Å². The van der Waals surface area contributed by atoms with Crippen molar-refractivity contribution in [1.29, 1.82) is 0 Å². The Morgan fingerprint density at radius 1 is 1.03 bits per heavy atom. The number of anilines is 1. The molecule has 0 spiro atoms. The molecular formula is C28H41N3O5S. The lowest BCUT2D eigenvalue weighted by molar-refractivity contribution is -0.140. The molecule has 0 bridgehead atoms. The summed E-state index contributed by atoms with van der Waals surface area (Å²) in [6.07, 6.45) is 2.37. The molecule has 2 aromatic rings. The van der Waals surface area contributed by atoms with E-state index in [9.17, 15) is 18.0 Å². The Morgan fingerprint density at radius 2 is 1.68 bits per heavy atom. The third-order valence-electron chi connectivity index (χ3n) is 6.61. The number of aryl methyl sites for hydroxylation is 2. The molecule has 0 radical (unpaired) electrons. The average Bonchev–Trinajstić information content (AvgIpc) is 2.85. The number of carbonyl (C=O) groups excluding carboxylic acids is 2. The molecule has 0 aliphatic rings. The van der Waals surface area contributed by atoms with Crippen LogP contribution in [0.4, 0.5) is 5.69 Å². The molecule has 8 nitrogen and oxygen atoms in total. The van der Waals surface area contributed by atoms with Gasteiger partial charge < -0.3 is 15.0 Å². The molecule has 37 heavy (non-hydrogen) atoms. The van der Waals surface area contributed by atoms with Gasteiger partial charge in [-0.1, -0.05) is 25.1 Å². The maximum atomic E-state index is 13.4. The molecule has 0 aliphatic carbocycles. The lowest BCUT2D eigenvalue weighted by Crippen LogP contribution is -2.49. The minimum Gasteiger partial charge on any atom is -0.497 e. The summed E-state index contributed by atoms with van der Waals surface area (Å²) in [6.45, 7) is 9.95. The smallest absolute Gasteiger partial charge is 0.242 e. The van der Waals surface area contributed by atoms with E-state index in [0.717, 1.165) is 23.1 Å². The quantitative estimate of drug-likeness (QED) is 0.418. The van der Waals surface area contributed by atoms with Crippen molar-refractivity contribution in [3.8, 4) is 5.75 Å². The summed E-state index contributed by atoms with van der Waals surface area (Å²) in [5.41, 5.74) is 3.51. The van der Waals surface area contributed by atoms with Crippen molar-refractivity contribution in [3.63, 3.8) is 0 Å². The van der Waals surface area contributed by atoms with Crippen LogP contribution in [0.2, 0.25) is 0 Å². The Hall–Kier alpha value is -3.07. The second-order valence-corrected chi connectivity index (χ2v) is 11.5. The first-order valence-electron chi connectivity index (χ1n) is 12.6. The first-order valence-corrected chi connectivity index (χ1v) is 14.5. The summed E-state index contributed by atoms with van der Waals surface area (Å²) in [5.74, 6) is 0.275. The van der Waals surface area contributed by atoms with Gasteiger partial charge in [0.25, 0.3) is 0 Å². The number of rotatable bonds is 13. The van der Waals surface area contributed by atoms with Gasteiger partial charge in [-0.3, -0.25) is 13.9 Å². The number of benzene rings is 2. The zero-order valence-corrected chi connectivity index (χ0v) is 23.9. The molecule has 2 amide bonds. The number of hydrogen-bond donors (Lipinski definition) is 1. The van der Waals surface area contributed by atoms with E-state index in [2.05, 4.69) is 5.32 Å². The fourth-order valence-electron chi connectivity index (χ4n) is 3.86. The molecule has 204 valence electrons. The average molecular weight is 532 g/mol. The van der Waals surface area contributed by atoms with Crippen LogP contribution >= 0.6 is 0 Å². The fraction of sp³-hybridized carbons (Fsp3) is 0.500. The van der Waals surface area contributed by atoms with E-state index >= 15 is 0 Å². The van der Waals surface area contributed by atoms with Crippen LogP contribution < -0.4 is 14.4 Å². The minimum absolute atomic E-state index is 0.00540. The number of amides is 2. The van der Waals surface area contributed by atoms with Crippen LogP contribution in [0.25, 0.3) is 0 Å². The first kappa shape index (κ1) is 30.2. The van der Waals surface area contributed by atoms with Crippen LogP contribution in [-0.2, 0) is 26.2 Å². The van der Waals surface area contributed by atoms with Crippen molar-refractivity contribution in [2.45, 2.75) is 72.5 Å². The molecule has 0 fully saturated rings. The predicted molar refractivity (Wildman–Crippen MR) is 148 cm³/mol. The number of carbonyl (C=O) groups is 2. The molecule has 2 aromatic carbocycles. The van der Waals surface area contributed by atoms with Crippen molar-refractivity contribution < 1.29 is 22.7 Å². The topological polar surface area (TPSA) is 96.0 Å². The lowest BCUT2D eigenvalue weighted by atomic mass is 10.1. The third-order valence-corrected chi connectivity index (χ3v) is 7.81. The summed E-state index contributed by atoms with van der Waals surface area (Å²) in [5, 5.41) is 2.95. The normalized spacial score (nSPS) is 12.9. The summed E-state index contributed by atoms with van der Waals surface area (Å²) in [6, 6.07) is 12.2. The molecule has 1 N–H and O–H groups in total. The third kappa shape index (κ3) is 8.77. The van der Waals surface area contributed by atoms with E-state index in [1.165, 1.54) is 10.6 Å². The molecule has 0 aromatic heterocycles. The van der Waals surface area contributed by atoms with E-state index in [4.69, 9.17) is 4.74 Å². The monoisotopic (exact) mass is 531 g/mol. The van der Waals surface area contributed by atoms with E-state index in [0.29, 0.717) is 17.9 Å². The van der Waals surface area contributed by atoms with E-state index < -0.39 is 16.1 Å². The molecule has 0 unspecified atom stereocenters.